The molecule has 0 spiro atoms. The minimum atomic E-state index is -0.848. The number of H-pyrrole nitrogens is 1. The van der Waals surface area contributed by atoms with Gasteiger partial charge in [-0.15, -0.1) is 10.2 Å². The van der Waals surface area contributed by atoms with Crippen molar-refractivity contribution < 1.29 is 14.4 Å². The second-order valence-corrected chi connectivity index (χ2v) is 9.62. The topological polar surface area (TPSA) is 169 Å². The van der Waals surface area contributed by atoms with Gasteiger partial charge in [-0.25, -0.2) is 0 Å². The molecule has 0 bridgehead atoms. The largest absolute Gasteiger partial charge is 0.355 e. The summed E-state index contributed by atoms with van der Waals surface area (Å²) in [6.45, 7) is 1.12. The fourth-order valence-corrected chi connectivity index (χ4v) is 5.73. The predicted octanol–water partition coefficient (Wildman–Crippen LogP) is 0.728. The molecule has 12 nitrogen and oxygen atoms in total. The molecule has 4 N–H and O–H groups in total. The quantitative estimate of drug-likeness (QED) is 0.311. The van der Waals surface area contributed by atoms with Crippen LogP contribution in [-0.4, -0.2) is 83.0 Å². The number of carbonyl (C=O) groups excluding carboxylic acids is 3. The molecule has 2 aliphatic rings. The molecule has 39 heavy (non-hydrogen) atoms. The number of nitrogens with zero attached hydrogens (tertiary/aromatic N) is 5. The van der Waals surface area contributed by atoms with E-state index in [-0.39, 0.29) is 30.3 Å². The van der Waals surface area contributed by atoms with Gasteiger partial charge in [-0.1, -0.05) is 17.3 Å². The van der Waals surface area contributed by atoms with Gasteiger partial charge in [0.05, 0.1) is 18.0 Å². The first-order chi connectivity index (χ1) is 18.9. The molecule has 1 aliphatic heterocycles. The normalized spacial score (nSPS) is 16.7. The van der Waals surface area contributed by atoms with Crippen LogP contribution in [0.25, 0.3) is 11.1 Å². The predicted molar refractivity (Wildman–Crippen MR) is 141 cm³/mol. The van der Waals surface area contributed by atoms with Crippen molar-refractivity contribution in [2.45, 2.75) is 30.7 Å². The summed E-state index contributed by atoms with van der Waals surface area (Å²) in [6, 6.07) is 12.8. The molecule has 0 radical (unpaired) electrons. The van der Waals surface area contributed by atoms with E-state index in [1.807, 2.05) is 24.3 Å². The molecule has 0 saturated carbocycles. The third-order valence-corrected chi connectivity index (χ3v) is 7.63. The first kappa shape index (κ1) is 26.0. The molecule has 2 heterocycles. The number of aromatic amines is 1. The zero-order valence-corrected chi connectivity index (χ0v) is 21.7. The Labute approximate surface area is 225 Å². The van der Waals surface area contributed by atoms with Crippen molar-refractivity contribution in [1.29, 1.82) is 5.26 Å². The maximum atomic E-state index is 12.8. The second kappa shape index (κ2) is 10.6. The summed E-state index contributed by atoms with van der Waals surface area (Å²) < 4.78 is 0. The van der Waals surface area contributed by atoms with Gasteiger partial charge in [-0.3, -0.25) is 14.4 Å². The van der Waals surface area contributed by atoms with E-state index in [9.17, 15) is 19.6 Å². The van der Waals surface area contributed by atoms with E-state index in [1.165, 1.54) is 0 Å². The monoisotopic (exact) mass is 527 g/mol. The summed E-state index contributed by atoms with van der Waals surface area (Å²) in [7, 11) is 3.15. The Morgan fingerprint density at radius 1 is 1.08 bits per heavy atom. The highest BCUT2D eigenvalue weighted by atomic mass is 16.2. The Balaban J connectivity index is 1.52. The molecule has 12 heteroatoms. The average Bonchev–Trinajstić information content (AvgIpc) is 3.73. The number of benzene rings is 2. The molecule has 1 saturated heterocycles. The maximum Gasteiger partial charge on any atom is 0.251 e. The first-order valence-electron chi connectivity index (χ1n) is 12.8. The fourth-order valence-electron chi connectivity index (χ4n) is 5.73. The SMILES string of the molecule is CNC(=O)c1ccc2c(c1)-c1cc(C(=O)NC)ccc1C2(CCNCC(=O)N1CCCC1C#N)c1nn[nH]n1. The average molecular weight is 528 g/mol. The minimum Gasteiger partial charge on any atom is -0.355 e. The number of carbonyl (C=O) groups is 3. The smallest absolute Gasteiger partial charge is 0.251 e. The van der Waals surface area contributed by atoms with Gasteiger partial charge in [0.1, 0.15) is 6.04 Å². The highest BCUT2D eigenvalue weighted by Crippen LogP contribution is 2.53. The Bertz CT molecular complexity index is 1400. The number of aromatic nitrogens is 4. The first-order valence-corrected chi connectivity index (χ1v) is 12.8. The van der Waals surface area contributed by atoms with E-state index < -0.39 is 5.41 Å². The van der Waals surface area contributed by atoms with Crippen LogP contribution >= 0.6 is 0 Å². The molecule has 200 valence electrons. The molecule has 2 aromatic carbocycles. The van der Waals surface area contributed by atoms with Crippen LogP contribution in [0.15, 0.2) is 36.4 Å². The number of rotatable bonds is 8. The number of nitriles is 1. The number of hydrogen-bond acceptors (Lipinski definition) is 8. The van der Waals surface area contributed by atoms with Crippen LogP contribution in [-0.2, 0) is 10.2 Å². The van der Waals surface area contributed by atoms with Crippen molar-refractivity contribution in [2.75, 3.05) is 33.7 Å². The Morgan fingerprint density at radius 3 is 2.26 bits per heavy atom. The van der Waals surface area contributed by atoms with E-state index in [4.69, 9.17) is 0 Å². The van der Waals surface area contributed by atoms with Gasteiger partial charge in [-0.2, -0.15) is 10.5 Å². The molecule has 1 atom stereocenters. The third kappa shape index (κ3) is 4.40. The van der Waals surface area contributed by atoms with Crippen LogP contribution in [0.4, 0.5) is 0 Å². The van der Waals surface area contributed by atoms with Gasteiger partial charge in [0.2, 0.25) is 5.91 Å². The lowest BCUT2D eigenvalue weighted by molar-refractivity contribution is -0.130. The van der Waals surface area contributed by atoms with Crippen LogP contribution in [0.2, 0.25) is 0 Å². The van der Waals surface area contributed by atoms with Crippen molar-refractivity contribution in [3.8, 4) is 17.2 Å². The summed E-state index contributed by atoms with van der Waals surface area (Å²) in [6.07, 6.45) is 2.00. The van der Waals surface area contributed by atoms with Crippen molar-refractivity contribution in [1.82, 2.24) is 41.5 Å². The summed E-state index contributed by atoms with van der Waals surface area (Å²) >= 11 is 0. The number of nitrogens with one attached hydrogen (secondary N) is 4. The van der Waals surface area contributed by atoms with Gasteiger partial charge in [-0.05, 0) is 72.3 Å². The van der Waals surface area contributed by atoms with E-state index in [0.29, 0.717) is 42.9 Å². The van der Waals surface area contributed by atoms with E-state index in [2.05, 4.69) is 42.6 Å². The third-order valence-electron chi connectivity index (χ3n) is 7.63. The van der Waals surface area contributed by atoms with Crippen molar-refractivity contribution in [3.63, 3.8) is 0 Å². The molecular weight excluding hydrogens is 498 g/mol. The number of hydrogen-bond donors (Lipinski definition) is 4. The van der Waals surface area contributed by atoms with E-state index >= 15 is 0 Å². The molecule has 5 rings (SSSR count). The summed E-state index contributed by atoms with van der Waals surface area (Å²) in [5.74, 6) is -0.112. The van der Waals surface area contributed by atoms with Crippen molar-refractivity contribution in [3.05, 3.63) is 64.5 Å². The van der Waals surface area contributed by atoms with Gasteiger partial charge >= 0.3 is 0 Å². The zero-order chi connectivity index (χ0) is 27.6. The molecule has 1 unspecified atom stereocenters. The number of likely N-dealkylation sites (tertiary alicyclic amines) is 1. The van der Waals surface area contributed by atoms with Crippen LogP contribution in [0.5, 0.6) is 0 Å². The van der Waals surface area contributed by atoms with Gasteiger partial charge < -0.3 is 20.9 Å². The Kier molecular flexibility index (Phi) is 7.08. The number of tetrazole rings is 1. The molecule has 1 fully saturated rings. The number of fused-ring (bicyclic) bond motifs is 3. The standard InChI is InChI=1S/C27H29N9O3/c1-29-24(38)16-5-7-21-19(12-16)20-13-17(25(39)30-2)6-8-22(20)27(21,26-32-34-35-33-26)9-10-31-15-23(37)36-11-3-4-18(36)14-28/h5-8,12-13,18,31H,3-4,9-11,15H2,1-2H3,(H,29,38)(H,30,39)(H,32,33,34,35). The maximum absolute atomic E-state index is 12.8. The van der Waals surface area contributed by atoms with Gasteiger partial charge in [0.25, 0.3) is 11.8 Å². The second-order valence-electron chi connectivity index (χ2n) is 9.62. The molecule has 1 aliphatic carbocycles. The minimum absolute atomic E-state index is 0.103. The Hall–Kier alpha value is -4.63. The highest BCUT2D eigenvalue weighted by Gasteiger charge is 2.48. The molecule has 1 aromatic heterocycles. The lowest BCUT2D eigenvalue weighted by atomic mass is 9.74. The van der Waals surface area contributed by atoms with Crippen molar-refractivity contribution >= 4 is 17.7 Å². The zero-order valence-electron chi connectivity index (χ0n) is 21.7. The van der Waals surface area contributed by atoms with Crippen molar-refractivity contribution in [2.24, 2.45) is 0 Å². The van der Waals surface area contributed by atoms with Gasteiger partial charge in [0.15, 0.2) is 5.82 Å². The number of amides is 3. The van der Waals surface area contributed by atoms with Crippen LogP contribution in [0, 0.1) is 11.3 Å². The molecular formula is C27H29N9O3. The van der Waals surface area contributed by atoms with Gasteiger partial charge in [0, 0.05) is 31.8 Å². The highest BCUT2D eigenvalue weighted by molar-refractivity contribution is 5.99. The molecule has 3 amide bonds. The Morgan fingerprint density at radius 2 is 1.72 bits per heavy atom. The van der Waals surface area contributed by atoms with Crippen LogP contribution in [0.3, 0.4) is 0 Å². The molecule has 3 aromatic rings. The lowest BCUT2D eigenvalue weighted by Crippen LogP contribution is -2.42. The summed E-state index contributed by atoms with van der Waals surface area (Å²) in [5, 5.41) is 33.0. The fraction of sp³-hybridized carbons (Fsp3) is 0.370. The summed E-state index contributed by atoms with van der Waals surface area (Å²) in [4.78, 5) is 39.4. The van der Waals surface area contributed by atoms with Crippen LogP contribution in [0.1, 0.15) is 56.9 Å². The van der Waals surface area contributed by atoms with E-state index in [0.717, 1.165) is 28.7 Å². The lowest BCUT2D eigenvalue weighted by Gasteiger charge is -2.29. The summed E-state index contributed by atoms with van der Waals surface area (Å²) in [5.41, 5.74) is 3.46. The van der Waals surface area contributed by atoms with Crippen LogP contribution < -0.4 is 16.0 Å². The van der Waals surface area contributed by atoms with E-state index in [1.54, 1.807) is 31.1 Å².